The van der Waals surface area contributed by atoms with Crippen molar-refractivity contribution >= 4 is 49.8 Å². The Bertz CT molecular complexity index is 1090. The van der Waals surface area contributed by atoms with E-state index in [0.29, 0.717) is 18.1 Å². The number of aryl methyl sites for hydroxylation is 1. The summed E-state index contributed by atoms with van der Waals surface area (Å²) in [6.07, 6.45) is 1.53. The van der Waals surface area contributed by atoms with Crippen molar-refractivity contribution in [3.8, 4) is 11.5 Å². The summed E-state index contributed by atoms with van der Waals surface area (Å²) in [4.78, 5) is 12.1. The lowest BCUT2D eigenvalue weighted by Gasteiger charge is -2.13. The third kappa shape index (κ3) is 6.57. The van der Waals surface area contributed by atoms with Crippen LogP contribution in [-0.2, 0) is 6.61 Å². The molecule has 0 unspecified atom stereocenters. The molecule has 0 radical (unpaired) electrons. The summed E-state index contributed by atoms with van der Waals surface area (Å²) in [7, 11) is 1.57. The molecular weight excluding hydrogens is 526 g/mol. The van der Waals surface area contributed by atoms with E-state index in [2.05, 4.69) is 47.7 Å². The normalized spacial score (nSPS) is 10.7. The van der Waals surface area contributed by atoms with E-state index in [1.807, 2.05) is 61.5 Å². The van der Waals surface area contributed by atoms with Gasteiger partial charge in [0.1, 0.15) is 6.61 Å². The van der Waals surface area contributed by atoms with Crippen molar-refractivity contribution in [1.82, 2.24) is 5.43 Å². The van der Waals surface area contributed by atoms with Gasteiger partial charge in [0.15, 0.2) is 11.5 Å². The van der Waals surface area contributed by atoms with Crippen LogP contribution in [0.25, 0.3) is 0 Å². The monoisotopic (exact) mass is 545 g/mol. The minimum absolute atomic E-state index is 0.407. The van der Waals surface area contributed by atoms with Gasteiger partial charge in [-0.1, -0.05) is 46.3 Å². The predicted octanol–water partition coefficient (Wildman–Crippen LogP) is 6.26. The molecule has 0 aromatic heterocycles. The largest absolute Gasteiger partial charge is 0.493 e. The van der Waals surface area contributed by atoms with Crippen molar-refractivity contribution in [1.29, 1.82) is 0 Å². The second-order valence-electron chi connectivity index (χ2n) is 6.58. The summed E-state index contributed by atoms with van der Waals surface area (Å²) >= 11 is 6.94. The van der Waals surface area contributed by atoms with Crippen molar-refractivity contribution in [2.24, 2.45) is 5.10 Å². The molecule has 0 aliphatic heterocycles. The van der Waals surface area contributed by atoms with Crippen molar-refractivity contribution in [2.45, 2.75) is 13.5 Å². The van der Waals surface area contributed by atoms with E-state index in [9.17, 15) is 4.79 Å². The molecule has 0 aliphatic carbocycles. The van der Waals surface area contributed by atoms with Gasteiger partial charge in [0, 0.05) is 20.2 Å². The number of carbonyl (C=O) groups excluding carboxylic acids is 1. The molecule has 6 nitrogen and oxygen atoms in total. The fourth-order valence-corrected chi connectivity index (χ4v) is 3.38. The number of anilines is 1. The number of nitrogens with one attached hydrogen (secondary N) is 2. The summed E-state index contributed by atoms with van der Waals surface area (Å²) in [6.45, 7) is 2.33. The number of para-hydroxylation sites is 1. The Hall–Kier alpha value is -2.84. The van der Waals surface area contributed by atoms with Crippen LogP contribution < -0.4 is 20.2 Å². The Morgan fingerprint density at radius 2 is 1.81 bits per heavy atom. The molecule has 31 heavy (non-hydrogen) atoms. The molecule has 0 fully saturated rings. The number of benzene rings is 3. The second-order valence-corrected chi connectivity index (χ2v) is 8.35. The highest BCUT2D eigenvalue weighted by Gasteiger charge is 2.10. The number of hydrazone groups is 1. The number of carbonyl (C=O) groups is 1. The minimum atomic E-state index is -0.428. The standard InChI is InChI=1S/C23H21Br2N3O3/c1-15-5-3-4-6-20(15)27-23(29)28-26-13-17-11-21(30-2)22(12-19(17)25)31-14-16-7-9-18(24)10-8-16/h3-13H,14H2,1-2H3,(H2,27,28,29). The van der Waals surface area contributed by atoms with Crippen LogP contribution in [0.5, 0.6) is 11.5 Å². The van der Waals surface area contributed by atoms with Crippen molar-refractivity contribution in [3.05, 3.63) is 86.3 Å². The summed E-state index contributed by atoms with van der Waals surface area (Å²) < 4.78 is 13.1. The third-order valence-corrected chi connectivity index (χ3v) is 5.57. The van der Waals surface area contributed by atoms with Crippen molar-refractivity contribution < 1.29 is 14.3 Å². The van der Waals surface area contributed by atoms with Crippen LogP contribution in [0.2, 0.25) is 0 Å². The second kappa shape index (κ2) is 11.0. The lowest BCUT2D eigenvalue weighted by Crippen LogP contribution is -2.24. The van der Waals surface area contributed by atoms with E-state index in [1.165, 1.54) is 6.21 Å². The molecule has 8 heteroatoms. The first-order chi connectivity index (χ1) is 15.0. The van der Waals surface area contributed by atoms with E-state index < -0.39 is 6.03 Å². The first-order valence-electron chi connectivity index (χ1n) is 9.36. The van der Waals surface area contributed by atoms with Gasteiger partial charge in [0.2, 0.25) is 0 Å². The highest BCUT2D eigenvalue weighted by Crippen LogP contribution is 2.33. The molecule has 3 aromatic rings. The summed E-state index contributed by atoms with van der Waals surface area (Å²) in [5, 5.41) is 6.77. The molecule has 0 saturated carbocycles. The van der Waals surface area contributed by atoms with E-state index >= 15 is 0 Å². The van der Waals surface area contributed by atoms with E-state index in [-0.39, 0.29) is 0 Å². The van der Waals surface area contributed by atoms with Crippen LogP contribution in [0.4, 0.5) is 10.5 Å². The first-order valence-corrected chi connectivity index (χ1v) is 11.0. The fraction of sp³-hybridized carbons (Fsp3) is 0.130. The fourth-order valence-electron chi connectivity index (χ4n) is 2.69. The molecule has 3 aromatic carbocycles. The number of urea groups is 1. The van der Waals surface area contributed by atoms with Gasteiger partial charge in [-0.25, -0.2) is 10.2 Å². The zero-order valence-corrected chi connectivity index (χ0v) is 20.2. The zero-order valence-electron chi connectivity index (χ0n) is 17.0. The highest BCUT2D eigenvalue weighted by molar-refractivity contribution is 9.10. The average Bonchev–Trinajstić information content (AvgIpc) is 2.76. The van der Waals surface area contributed by atoms with Gasteiger partial charge in [0.25, 0.3) is 0 Å². The molecule has 0 saturated heterocycles. The SMILES string of the molecule is COc1cc(C=NNC(=O)Nc2ccccc2C)c(Br)cc1OCc1ccc(Br)cc1. The van der Waals surface area contributed by atoms with Crippen LogP contribution in [0.15, 0.2) is 74.7 Å². The van der Waals surface area contributed by atoms with Crippen LogP contribution in [0, 0.1) is 6.92 Å². The van der Waals surface area contributed by atoms with Crippen LogP contribution in [0.1, 0.15) is 16.7 Å². The molecule has 3 rings (SSSR count). The maximum Gasteiger partial charge on any atom is 0.339 e. The molecule has 0 bridgehead atoms. The quantitative estimate of drug-likeness (QED) is 0.271. The minimum Gasteiger partial charge on any atom is -0.493 e. The molecule has 0 heterocycles. The Morgan fingerprint density at radius 1 is 1.06 bits per heavy atom. The van der Waals surface area contributed by atoms with Gasteiger partial charge < -0.3 is 14.8 Å². The molecule has 2 amide bonds. The molecule has 160 valence electrons. The number of hydrogen-bond donors (Lipinski definition) is 2. The lowest BCUT2D eigenvalue weighted by atomic mass is 10.2. The molecule has 0 atom stereocenters. The average molecular weight is 547 g/mol. The maximum atomic E-state index is 12.1. The molecule has 0 aliphatic rings. The van der Waals surface area contributed by atoms with Gasteiger partial charge >= 0.3 is 6.03 Å². The first kappa shape index (κ1) is 22.8. The van der Waals surface area contributed by atoms with Gasteiger partial charge in [-0.2, -0.15) is 5.10 Å². The third-order valence-electron chi connectivity index (χ3n) is 4.35. The Morgan fingerprint density at radius 3 is 2.52 bits per heavy atom. The Kier molecular flexibility index (Phi) is 8.08. The molecule has 2 N–H and O–H groups in total. The summed E-state index contributed by atoms with van der Waals surface area (Å²) in [5.74, 6) is 1.16. The number of halogens is 2. The Labute approximate surface area is 197 Å². The molecular formula is C23H21Br2N3O3. The summed E-state index contributed by atoms with van der Waals surface area (Å²) in [5.41, 5.74) is 5.92. The van der Waals surface area contributed by atoms with Gasteiger partial charge in [-0.05, 0) is 64.3 Å². The maximum absolute atomic E-state index is 12.1. The number of hydrogen-bond acceptors (Lipinski definition) is 4. The van der Waals surface area contributed by atoms with Crippen molar-refractivity contribution in [3.63, 3.8) is 0 Å². The van der Waals surface area contributed by atoms with Crippen LogP contribution in [0.3, 0.4) is 0 Å². The van der Waals surface area contributed by atoms with Crippen LogP contribution >= 0.6 is 31.9 Å². The van der Waals surface area contributed by atoms with E-state index in [4.69, 9.17) is 9.47 Å². The Balaban J connectivity index is 1.64. The number of amides is 2. The number of nitrogens with zero attached hydrogens (tertiary/aromatic N) is 1. The van der Waals surface area contributed by atoms with Crippen LogP contribution in [-0.4, -0.2) is 19.4 Å². The van der Waals surface area contributed by atoms with E-state index in [0.717, 1.165) is 31.3 Å². The van der Waals surface area contributed by atoms with E-state index in [1.54, 1.807) is 13.2 Å². The van der Waals surface area contributed by atoms with Crippen molar-refractivity contribution in [2.75, 3.05) is 12.4 Å². The smallest absolute Gasteiger partial charge is 0.339 e. The van der Waals surface area contributed by atoms with Gasteiger partial charge in [-0.3, -0.25) is 0 Å². The van der Waals surface area contributed by atoms with Gasteiger partial charge in [-0.15, -0.1) is 0 Å². The molecule has 0 spiro atoms. The van der Waals surface area contributed by atoms with Gasteiger partial charge in [0.05, 0.1) is 13.3 Å². The highest BCUT2D eigenvalue weighted by atomic mass is 79.9. The zero-order chi connectivity index (χ0) is 22.2. The number of ether oxygens (including phenoxy) is 2. The summed E-state index contributed by atoms with van der Waals surface area (Å²) in [6, 6.07) is 18.6. The lowest BCUT2D eigenvalue weighted by molar-refractivity contribution is 0.252. The topological polar surface area (TPSA) is 72.0 Å². The predicted molar refractivity (Wildman–Crippen MR) is 130 cm³/mol. The number of rotatable bonds is 7. The number of methoxy groups -OCH3 is 1.